The zero-order valence-corrected chi connectivity index (χ0v) is 11.0. The van der Waals surface area contributed by atoms with Crippen LogP contribution in [0.5, 0.6) is 0 Å². The van der Waals surface area contributed by atoms with Crippen LogP contribution >= 0.6 is 0 Å². The Bertz CT molecular complexity index is 549. The Balaban J connectivity index is 3.33. The van der Waals surface area contributed by atoms with E-state index in [-0.39, 0.29) is 6.42 Å². The third kappa shape index (κ3) is 3.72. The van der Waals surface area contributed by atoms with Crippen molar-refractivity contribution in [1.82, 2.24) is 0 Å². The SMILES string of the molecule is COC(=O)c1cc(F)c(C(O)C(O)CCO)cc1[N+](=O)[O-]. The number of benzene rings is 1. The van der Waals surface area contributed by atoms with E-state index in [0.29, 0.717) is 12.1 Å². The van der Waals surface area contributed by atoms with Crippen molar-refractivity contribution in [3.63, 3.8) is 0 Å². The van der Waals surface area contributed by atoms with Crippen LogP contribution in [0.3, 0.4) is 0 Å². The molecule has 1 aromatic rings. The lowest BCUT2D eigenvalue weighted by Crippen LogP contribution is -2.21. The number of halogens is 1. The maximum absolute atomic E-state index is 13.9. The predicted octanol–water partition coefficient (Wildman–Crippen LogP) is 0.297. The molecule has 0 amide bonds. The highest BCUT2D eigenvalue weighted by Crippen LogP contribution is 2.29. The number of nitro benzene ring substituents is 1. The minimum Gasteiger partial charge on any atom is -0.465 e. The van der Waals surface area contributed by atoms with Gasteiger partial charge in [0.2, 0.25) is 0 Å². The summed E-state index contributed by atoms with van der Waals surface area (Å²) in [5, 5.41) is 38.8. The standard InChI is InChI=1S/C12H14FNO7/c1-21-12(18)7-4-8(13)6(5-9(7)14(19)20)11(17)10(16)2-3-15/h4-5,10-11,15-17H,2-3H2,1H3. The second-order valence-corrected chi connectivity index (χ2v) is 4.16. The summed E-state index contributed by atoms with van der Waals surface area (Å²) in [6, 6.07) is 1.22. The van der Waals surface area contributed by atoms with Gasteiger partial charge in [-0.25, -0.2) is 9.18 Å². The Morgan fingerprint density at radius 1 is 1.48 bits per heavy atom. The molecule has 0 aromatic heterocycles. The number of hydrogen-bond donors (Lipinski definition) is 3. The molecule has 1 aromatic carbocycles. The zero-order valence-electron chi connectivity index (χ0n) is 11.0. The number of carbonyl (C=O) groups is 1. The molecule has 2 unspecified atom stereocenters. The molecule has 0 saturated carbocycles. The van der Waals surface area contributed by atoms with E-state index in [9.17, 15) is 29.5 Å². The fraction of sp³-hybridized carbons (Fsp3) is 0.417. The van der Waals surface area contributed by atoms with Crippen molar-refractivity contribution < 1.29 is 34.2 Å². The van der Waals surface area contributed by atoms with Crippen LogP contribution in [0, 0.1) is 15.9 Å². The Kier molecular flexibility index (Phi) is 5.70. The fourth-order valence-electron chi connectivity index (χ4n) is 1.73. The van der Waals surface area contributed by atoms with E-state index in [1.54, 1.807) is 0 Å². The quantitative estimate of drug-likeness (QED) is 0.391. The van der Waals surface area contributed by atoms with Gasteiger partial charge >= 0.3 is 5.97 Å². The summed E-state index contributed by atoms with van der Waals surface area (Å²) in [6.45, 7) is -0.456. The predicted molar refractivity (Wildman–Crippen MR) is 67.1 cm³/mol. The monoisotopic (exact) mass is 303 g/mol. The molecule has 0 heterocycles. The van der Waals surface area contributed by atoms with Crippen LogP contribution in [0.15, 0.2) is 12.1 Å². The second kappa shape index (κ2) is 7.07. The van der Waals surface area contributed by atoms with Gasteiger partial charge in [0.25, 0.3) is 5.69 Å². The average molecular weight is 303 g/mol. The largest absolute Gasteiger partial charge is 0.465 e. The average Bonchev–Trinajstić information content (AvgIpc) is 2.45. The van der Waals surface area contributed by atoms with Crippen LogP contribution in [-0.4, -0.2) is 46.0 Å². The number of rotatable bonds is 6. The number of nitrogens with zero attached hydrogens (tertiary/aromatic N) is 1. The molecule has 0 radical (unpaired) electrons. The fourth-order valence-corrected chi connectivity index (χ4v) is 1.73. The van der Waals surface area contributed by atoms with Crippen molar-refractivity contribution in [2.75, 3.05) is 13.7 Å². The number of esters is 1. The highest BCUT2D eigenvalue weighted by atomic mass is 19.1. The van der Waals surface area contributed by atoms with Gasteiger partial charge < -0.3 is 20.1 Å². The molecule has 0 aliphatic carbocycles. The molecule has 21 heavy (non-hydrogen) atoms. The van der Waals surface area contributed by atoms with Crippen molar-refractivity contribution in [2.45, 2.75) is 18.6 Å². The van der Waals surface area contributed by atoms with E-state index in [4.69, 9.17) is 5.11 Å². The second-order valence-electron chi connectivity index (χ2n) is 4.16. The smallest absolute Gasteiger partial charge is 0.344 e. The van der Waals surface area contributed by atoms with Gasteiger partial charge in [0, 0.05) is 18.2 Å². The van der Waals surface area contributed by atoms with Crippen LogP contribution in [0.4, 0.5) is 10.1 Å². The van der Waals surface area contributed by atoms with Crippen molar-refractivity contribution in [1.29, 1.82) is 0 Å². The molecule has 2 atom stereocenters. The number of ether oxygens (including phenoxy) is 1. The number of carbonyl (C=O) groups excluding carboxylic acids is 1. The first-order valence-electron chi connectivity index (χ1n) is 5.86. The summed E-state index contributed by atoms with van der Waals surface area (Å²) in [5.41, 5.74) is -1.91. The molecule has 3 N–H and O–H groups in total. The van der Waals surface area contributed by atoms with E-state index >= 15 is 0 Å². The Hall–Kier alpha value is -2.10. The van der Waals surface area contributed by atoms with E-state index in [1.165, 1.54) is 0 Å². The van der Waals surface area contributed by atoms with Crippen molar-refractivity contribution in [3.8, 4) is 0 Å². The van der Waals surface area contributed by atoms with E-state index in [1.807, 2.05) is 0 Å². The van der Waals surface area contributed by atoms with Crippen LogP contribution in [0.1, 0.15) is 28.4 Å². The van der Waals surface area contributed by atoms with Gasteiger partial charge in [0.1, 0.15) is 17.5 Å². The summed E-state index contributed by atoms with van der Waals surface area (Å²) >= 11 is 0. The highest BCUT2D eigenvalue weighted by molar-refractivity contribution is 5.94. The molecule has 0 spiro atoms. The maximum Gasteiger partial charge on any atom is 0.344 e. The lowest BCUT2D eigenvalue weighted by molar-refractivity contribution is -0.385. The summed E-state index contributed by atoms with van der Waals surface area (Å²) in [5.74, 6) is -2.21. The number of methoxy groups -OCH3 is 1. The minimum atomic E-state index is -1.78. The molecule has 0 aliphatic rings. The number of aliphatic hydroxyl groups excluding tert-OH is 3. The van der Waals surface area contributed by atoms with Crippen LogP contribution in [0.2, 0.25) is 0 Å². The third-order valence-corrected chi connectivity index (χ3v) is 2.82. The topological polar surface area (TPSA) is 130 Å². The first-order valence-corrected chi connectivity index (χ1v) is 5.86. The Labute approximate surface area is 118 Å². The molecular formula is C12H14FNO7. The van der Waals surface area contributed by atoms with Crippen LogP contribution < -0.4 is 0 Å². The van der Waals surface area contributed by atoms with Crippen LogP contribution in [-0.2, 0) is 4.74 Å². The normalized spacial score (nSPS) is 13.6. The van der Waals surface area contributed by atoms with Gasteiger partial charge in [-0.3, -0.25) is 10.1 Å². The molecule has 0 aliphatic heterocycles. The molecular weight excluding hydrogens is 289 g/mol. The number of hydrogen-bond acceptors (Lipinski definition) is 7. The Morgan fingerprint density at radius 3 is 2.57 bits per heavy atom. The van der Waals surface area contributed by atoms with Gasteiger partial charge in [-0.2, -0.15) is 0 Å². The molecule has 0 saturated heterocycles. The number of aliphatic hydroxyl groups is 3. The highest BCUT2D eigenvalue weighted by Gasteiger charge is 2.29. The van der Waals surface area contributed by atoms with E-state index in [0.717, 1.165) is 7.11 Å². The van der Waals surface area contributed by atoms with Crippen LogP contribution in [0.25, 0.3) is 0 Å². The molecule has 8 nitrogen and oxygen atoms in total. The lowest BCUT2D eigenvalue weighted by Gasteiger charge is -2.18. The van der Waals surface area contributed by atoms with Gasteiger partial charge in [0.05, 0.1) is 18.1 Å². The minimum absolute atomic E-state index is 0.243. The Morgan fingerprint density at radius 2 is 2.10 bits per heavy atom. The molecule has 0 fully saturated rings. The van der Waals surface area contributed by atoms with Gasteiger partial charge in [-0.05, 0) is 12.5 Å². The first kappa shape index (κ1) is 17.0. The lowest BCUT2D eigenvalue weighted by atomic mass is 9.99. The molecule has 1 rings (SSSR count). The van der Waals surface area contributed by atoms with Gasteiger partial charge in [-0.1, -0.05) is 0 Å². The molecule has 0 bridgehead atoms. The van der Waals surface area contributed by atoms with Gasteiger partial charge in [-0.15, -0.1) is 0 Å². The van der Waals surface area contributed by atoms with E-state index in [2.05, 4.69) is 4.74 Å². The zero-order chi connectivity index (χ0) is 16.2. The van der Waals surface area contributed by atoms with Gasteiger partial charge in [0.15, 0.2) is 0 Å². The van der Waals surface area contributed by atoms with Crippen molar-refractivity contribution in [2.24, 2.45) is 0 Å². The molecule has 9 heteroatoms. The number of nitro groups is 1. The van der Waals surface area contributed by atoms with Crippen molar-refractivity contribution >= 4 is 11.7 Å². The maximum atomic E-state index is 13.9. The van der Waals surface area contributed by atoms with Crippen molar-refractivity contribution in [3.05, 3.63) is 39.2 Å². The summed E-state index contributed by atoms with van der Waals surface area (Å²) < 4.78 is 18.2. The third-order valence-electron chi connectivity index (χ3n) is 2.82. The molecule has 116 valence electrons. The summed E-state index contributed by atoms with van der Waals surface area (Å²) in [7, 11) is 0.984. The summed E-state index contributed by atoms with van der Waals surface area (Å²) in [6.07, 6.45) is -3.52. The van der Waals surface area contributed by atoms with E-state index < -0.39 is 52.3 Å². The summed E-state index contributed by atoms with van der Waals surface area (Å²) in [4.78, 5) is 21.4. The first-order chi connectivity index (χ1) is 9.83.